The number of allylic oxidation sites excluding steroid dienone is 1. The summed E-state index contributed by atoms with van der Waals surface area (Å²) in [6.45, 7) is 3.77. The second-order valence-corrected chi connectivity index (χ2v) is 7.21. The van der Waals surface area contributed by atoms with Crippen molar-refractivity contribution in [3.8, 4) is 0 Å². The van der Waals surface area contributed by atoms with Crippen LogP contribution in [-0.2, 0) is 9.53 Å². The van der Waals surface area contributed by atoms with Crippen molar-refractivity contribution < 1.29 is 13.9 Å². The van der Waals surface area contributed by atoms with Crippen molar-refractivity contribution in [2.75, 3.05) is 18.2 Å². The predicted molar refractivity (Wildman–Crippen MR) is 102 cm³/mol. The minimum absolute atomic E-state index is 0.304. The third-order valence-electron chi connectivity index (χ3n) is 4.27. The molecule has 1 atom stereocenters. The average molecular weight is 389 g/mol. The van der Waals surface area contributed by atoms with Gasteiger partial charge in [-0.2, -0.15) is 0 Å². The van der Waals surface area contributed by atoms with Crippen LogP contribution in [0.15, 0.2) is 45.5 Å². The number of methoxy groups -OCH3 is 1. The van der Waals surface area contributed by atoms with Gasteiger partial charge >= 0.3 is 5.97 Å². The summed E-state index contributed by atoms with van der Waals surface area (Å²) in [5, 5.41) is 3.57. The molecule has 0 aliphatic carbocycles. The molecule has 1 aliphatic rings. The number of benzene rings is 1. The second-order valence-electron chi connectivity index (χ2n) is 6.12. The van der Waals surface area contributed by atoms with E-state index in [1.54, 1.807) is 19.1 Å². The van der Waals surface area contributed by atoms with Gasteiger partial charge in [0.05, 0.1) is 24.2 Å². The number of H-pyrrole nitrogens is 1. The van der Waals surface area contributed by atoms with E-state index in [0.717, 1.165) is 12.2 Å². The molecular weight excluding hydrogens is 369 g/mol. The molecule has 0 unspecified atom stereocenters. The Labute approximate surface area is 160 Å². The molecule has 142 valence electrons. The van der Waals surface area contributed by atoms with Crippen LogP contribution in [0.3, 0.4) is 0 Å². The van der Waals surface area contributed by atoms with E-state index in [-0.39, 0.29) is 5.56 Å². The molecule has 27 heavy (non-hydrogen) atoms. The summed E-state index contributed by atoms with van der Waals surface area (Å²) in [4.78, 5) is 32.6. The zero-order valence-corrected chi connectivity index (χ0v) is 16.1. The molecular formula is C19H20FN3O3S. The maximum absolute atomic E-state index is 13.4. The molecule has 0 bridgehead atoms. The summed E-state index contributed by atoms with van der Waals surface area (Å²) in [7, 11) is 1.28. The fourth-order valence-corrected chi connectivity index (χ4v) is 3.79. The second kappa shape index (κ2) is 7.96. The number of rotatable bonds is 5. The van der Waals surface area contributed by atoms with E-state index < -0.39 is 17.7 Å². The van der Waals surface area contributed by atoms with Gasteiger partial charge in [0.15, 0.2) is 5.16 Å². The number of aromatic amines is 1. The van der Waals surface area contributed by atoms with E-state index in [4.69, 9.17) is 4.74 Å². The van der Waals surface area contributed by atoms with E-state index in [0.29, 0.717) is 33.4 Å². The van der Waals surface area contributed by atoms with E-state index in [9.17, 15) is 14.0 Å². The van der Waals surface area contributed by atoms with Crippen molar-refractivity contribution in [2.45, 2.75) is 31.3 Å². The van der Waals surface area contributed by atoms with Crippen LogP contribution in [0.5, 0.6) is 0 Å². The van der Waals surface area contributed by atoms with Crippen molar-refractivity contribution in [1.82, 2.24) is 9.97 Å². The molecule has 2 N–H and O–H groups in total. The number of esters is 1. The molecule has 0 amide bonds. The lowest BCUT2D eigenvalue weighted by molar-refractivity contribution is -0.136. The van der Waals surface area contributed by atoms with Crippen molar-refractivity contribution in [3.05, 3.63) is 62.8 Å². The lowest BCUT2D eigenvalue weighted by Gasteiger charge is -2.28. The zero-order chi connectivity index (χ0) is 19.6. The fourth-order valence-electron chi connectivity index (χ4n) is 3.07. The number of ether oxygens (including phenoxy) is 1. The number of hydrogen-bond acceptors (Lipinski definition) is 6. The van der Waals surface area contributed by atoms with Crippen molar-refractivity contribution >= 4 is 23.5 Å². The highest BCUT2D eigenvalue weighted by Crippen LogP contribution is 2.40. The van der Waals surface area contributed by atoms with Crippen LogP contribution in [0.4, 0.5) is 10.2 Å². The molecule has 1 aromatic heterocycles. The summed E-state index contributed by atoms with van der Waals surface area (Å²) in [6.07, 6.45) is 0.947. The molecule has 2 aromatic rings. The van der Waals surface area contributed by atoms with Gasteiger partial charge in [0, 0.05) is 11.4 Å². The molecule has 3 rings (SSSR count). The first-order chi connectivity index (χ1) is 13.0. The Morgan fingerprint density at radius 2 is 2.04 bits per heavy atom. The maximum atomic E-state index is 13.4. The highest BCUT2D eigenvalue weighted by atomic mass is 32.2. The number of anilines is 1. The van der Waals surface area contributed by atoms with Crippen LogP contribution in [0.2, 0.25) is 0 Å². The van der Waals surface area contributed by atoms with E-state index >= 15 is 0 Å². The average Bonchev–Trinajstić information content (AvgIpc) is 2.65. The number of halogens is 1. The molecule has 0 radical (unpaired) electrons. The fraction of sp³-hybridized carbons (Fsp3) is 0.316. The van der Waals surface area contributed by atoms with Crippen molar-refractivity contribution in [1.29, 1.82) is 0 Å². The molecule has 8 heteroatoms. The number of carbonyl (C=O) groups excluding carboxylic acids is 1. The van der Waals surface area contributed by atoms with Gasteiger partial charge in [-0.15, -0.1) is 0 Å². The smallest absolute Gasteiger partial charge is 0.336 e. The van der Waals surface area contributed by atoms with E-state index in [2.05, 4.69) is 15.3 Å². The van der Waals surface area contributed by atoms with Gasteiger partial charge < -0.3 is 15.0 Å². The number of hydrogen-bond donors (Lipinski definition) is 2. The SMILES string of the molecule is CCCSc1nc2c(c(=O)[nH]1)[C@H](c1ccc(F)cc1)C(C(=O)OC)=C(C)N2. The monoisotopic (exact) mass is 389 g/mol. The summed E-state index contributed by atoms with van der Waals surface area (Å²) >= 11 is 1.46. The molecule has 0 saturated carbocycles. The van der Waals surface area contributed by atoms with Crippen LogP contribution < -0.4 is 10.9 Å². The Bertz CT molecular complexity index is 954. The topological polar surface area (TPSA) is 84.1 Å². The lowest BCUT2D eigenvalue weighted by atomic mass is 9.82. The first-order valence-electron chi connectivity index (χ1n) is 8.54. The summed E-state index contributed by atoms with van der Waals surface area (Å²) in [6, 6.07) is 5.72. The highest BCUT2D eigenvalue weighted by Gasteiger charge is 2.36. The minimum atomic E-state index is -0.698. The molecule has 2 heterocycles. The third kappa shape index (κ3) is 3.75. The van der Waals surface area contributed by atoms with E-state index in [1.165, 1.54) is 31.0 Å². The minimum Gasteiger partial charge on any atom is -0.466 e. The van der Waals surface area contributed by atoms with Gasteiger partial charge in [0.25, 0.3) is 5.56 Å². The number of nitrogens with one attached hydrogen (secondary N) is 2. The van der Waals surface area contributed by atoms with Crippen molar-refractivity contribution in [3.63, 3.8) is 0 Å². The molecule has 1 aromatic carbocycles. The lowest BCUT2D eigenvalue weighted by Crippen LogP contribution is -2.31. The Hall–Kier alpha value is -2.61. The zero-order valence-electron chi connectivity index (χ0n) is 15.3. The van der Waals surface area contributed by atoms with Crippen LogP contribution in [0.25, 0.3) is 0 Å². The normalized spacial score (nSPS) is 15.9. The van der Waals surface area contributed by atoms with Crippen LogP contribution in [-0.4, -0.2) is 28.8 Å². The standard InChI is InChI=1S/C19H20FN3O3S/c1-4-9-27-19-22-16-15(17(24)23-19)14(11-5-7-12(20)8-6-11)13(10(2)21-16)18(25)26-3/h5-8,14H,4,9H2,1-3H3,(H2,21,22,23,24)/t14-/m1/s1. The van der Waals surface area contributed by atoms with Crippen LogP contribution in [0.1, 0.15) is 37.3 Å². The Kier molecular flexibility index (Phi) is 5.65. The first kappa shape index (κ1) is 19.2. The van der Waals surface area contributed by atoms with Gasteiger partial charge in [0.1, 0.15) is 11.6 Å². The largest absolute Gasteiger partial charge is 0.466 e. The first-order valence-corrected chi connectivity index (χ1v) is 9.53. The van der Waals surface area contributed by atoms with E-state index in [1.807, 2.05) is 6.92 Å². The van der Waals surface area contributed by atoms with Crippen molar-refractivity contribution in [2.24, 2.45) is 0 Å². The maximum Gasteiger partial charge on any atom is 0.336 e. The Balaban J connectivity index is 2.19. The quantitative estimate of drug-likeness (QED) is 0.463. The van der Waals surface area contributed by atoms with Crippen LogP contribution in [0, 0.1) is 5.82 Å². The van der Waals surface area contributed by atoms with Gasteiger partial charge in [-0.3, -0.25) is 4.79 Å². The molecule has 1 aliphatic heterocycles. The molecule has 0 spiro atoms. The summed E-state index contributed by atoms with van der Waals surface area (Å²) < 4.78 is 18.3. The number of nitrogens with zero attached hydrogens (tertiary/aromatic N) is 1. The Morgan fingerprint density at radius 1 is 1.33 bits per heavy atom. The van der Waals surface area contributed by atoms with Gasteiger partial charge in [-0.25, -0.2) is 14.2 Å². The molecule has 0 saturated heterocycles. The van der Waals surface area contributed by atoms with Crippen LogP contribution >= 0.6 is 11.8 Å². The third-order valence-corrected chi connectivity index (χ3v) is 5.35. The van der Waals surface area contributed by atoms with Gasteiger partial charge in [-0.1, -0.05) is 30.8 Å². The number of fused-ring (bicyclic) bond motifs is 1. The highest BCUT2D eigenvalue weighted by molar-refractivity contribution is 7.99. The number of carbonyl (C=O) groups is 1. The number of aromatic nitrogens is 2. The number of thioether (sulfide) groups is 1. The predicted octanol–water partition coefficient (Wildman–Crippen LogP) is 3.42. The van der Waals surface area contributed by atoms with Gasteiger partial charge in [-0.05, 0) is 31.0 Å². The summed E-state index contributed by atoms with van der Waals surface area (Å²) in [5.74, 6) is -0.422. The Morgan fingerprint density at radius 3 is 2.67 bits per heavy atom. The molecule has 0 fully saturated rings. The summed E-state index contributed by atoms with van der Waals surface area (Å²) in [5.41, 5.74) is 1.44. The van der Waals surface area contributed by atoms with Gasteiger partial charge in [0.2, 0.25) is 0 Å². The molecule has 6 nitrogen and oxygen atoms in total.